The van der Waals surface area contributed by atoms with Crippen LogP contribution in [0.4, 0.5) is 11.4 Å². The Bertz CT molecular complexity index is 1690. The number of carbonyl (C=O) groups excluding carboxylic acids is 1. The zero-order valence-corrected chi connectivity index (χ0v) is 23.3. The predicted octanol–water partition coefficient (Wildman–Crippen LogP) is 1.99. The molecule has 0 bridgehead atoms. The Balaban J connectivity index is 1.70. The van der Waals surface area contributed by atoms with Gasteiger partial charge in [0.15, 0.2) is 5.57 Å². The van der Waals surface area contributed by atoms with Gasteiger partial charge in [-0.2, -0.15) is 5.26 Å². The average Bonchev–Trinajstić information content (AvgIpc) is 3.59. The maximum atomic E-state index is 13.8. The minimum atomic E-state index is -0.406. The summed E-state index contributed by atoms with van der Waals surface area (Å²) >= 11 is 1.05. The molecule has 2 aliphatic rings. The normalized spacial score (nSPS) is 17.2. The monoisotopic (exact) mass is 558 g/mol. The van der Waals surface area contributed by atoms with Crippen LogP contribution in [-0.4, -0.2) is 71.5 Å². The standard InChI is InChI=1S/C29H30N6O4S/c1-20-7-3-4-8-23(20)34-28(37)26(40-29(34)22(19-30)27(36)33-15-13-31(2)14-16-33)18-21-9-10-24(25(17-21)35(38)39)32-11-5-6-12-32/h3-4,7-10,17-18H,5-6,11-16H2,1-2H3/b26-18-,29-22+. The van der Waals surface area contributed by atoms with Gasteiger partial charge in [-0.25, -0.2) is 0 Å². The molecule has 0 radical (unpaired) electrons. The Hall–Kier alpha value is -4.27. The number of benzene rings is 2. The third-order valence-electron chi connectivity index (χ3n) is 7.45. The lowest BCUT2D eigenvalue weighted by Crippen LogP contribution is -2.48. The van der Waals surface area contributed by atoms with E-state index in [9.17, 15) is 25.0 Å². The van der Waals surface area contributed by atoms with E-state index in [1.165, 1.54) is 10.6 Å². The van der Waals surface area contributed by atoms with Gasteiger partial charge in [0.1, 0.15) is 16.4 Å². The fourth-order valence-corrected chi connectivity index (χ4v) is 6.28. The number of nitro benzene ring substituents is 1. The molecule has 5 rings (SSSR count). The zero-order chi connectivity index (χ0) is 28.4. The Morgan fingerprint density at radius 3 is 2.40 bits per heavy atom. The number of para-hydroxylation sites is 1. The van der Waals surface area contributed by atoms with Crippen LogP contribution in [0.2, 0.25) is 0 Å². The Morgan fingerprint density at radius 1 is 1.05 bits per heavy atom. The van der Waals surface area contributed by atoms with Gasteiger partial charge in [0, 0.05) is 45.3 Å². The summed E-state index contributed by atoms with van der Waals surface area (Å²) in [5.74, 6) is -0.406. The van der Waals surface area contributed by atoms with Crippen molar-refractivity contribution in [1.29, 1.82) is 5.26 Å². The number of anilines is 1. The highest BCUT2D eigenvalue weighted by atomic mass is 32.1. The van der Waals surface area contributed by atoms with E-state index in [0.29, 0.717) is 43.1 Å². The second-order valence-electron chi connectivity index (χ2n) is 10.1. The molecule has 0 saturated carbocycles. The molecule has 0 unspecified atom stereocenters. The first-order valence-corrected chi connectivity index (χ1v) is 14.1. The highest BCUT2D eigenvalue weighted by Crippen LogP contribution is 2.31. The third kappa shape index (κ3) is 5.28. The maximum Gasteiger partial charge on any atom is 0.293 e. The molecule has 2 aliphatic heterocycles. The zero-order valence-electron chi connectivity index (χ0n) is 22.5. The lowest BCUT2D eigenvalue weighted by molar-refractivity contribution is -0.384. The smallest absolute Gasteiger partial charge is 0.293 e. The van der Waals surface area contributed by atoms with Gasteiger partial charge in [-0.1, -0.05) is 24.3 Å². The molecular formula is C29H30N6O4S. The highest BCUT2D eigenvalue weighted by Gasteiger charge is 2.26. The number of carbonyl (C=O) groups is 1. The van der Waals surface area contributed by atoms with Gasteiger partial charge in [-0.3, -0.25) is 24.3 Å². The number of thiazole rings is 1. The number of rotatable bonds is 5. The van der Waals surface area contributed by atoms with Gasteiger partial charge >= 0.3 is 0 Å². The van der Waals surface area contributed by atoms with Gasteiger partial charge in [0.25, 0.3) is 17.2 Å². The molecule has 0 N–H and O–H groups in total. The molecule has 3 heterocycles. The summed E-state index contributed by atoms with van der Waals surface area (Å²) in [6, 6.07) is 14.4. The number of nitro groups is 1. The largest absolute Gasteiger partial charge is 0.366 e. The number of hydrogen-bond acceptors (Lipinski definition) is 8. The lowest BCUT2D eigenvalue weighted by atomic mass is 10.1. The summed E-state index contributed by atoms with van der Waals surface area (Å²) in [5, 5.41) is 22.1. The molecule has 3 aromatic rings. The first-order valence-electron chi connectivity index (χ1n) is 13.2. The molecule has 0 spiro atoms. The van der Waals surface area contributed by atoms with E-state index < -0.39 is 10.8 Å². The fourth-order valence-electron chi connectivity index (χ4n) is 5.19. The first-order chi connectivity index (χ1) is 19.3. The van der Waals surface area contributed by atoms with Gasteiger partial charge in [0.05, 0.1) is 15.1 Å². The van der Waals surface area contributed by atoms with E-state index in [1.807, 2.05) is 31.0 Å². The number of nitrogens with zero attached hydrogens (tertiary/aromatic N) is 6. The average molecular weight is 559 g/mol. The van der Waals surface area contributed by atoms with Crippen molar-refractivity contribution < 1.29 is 9.72 Å². The molecule has 40 heavy (non-hydrogen) atoms. The van der Waals surface area contributed by atoms with Crippen LogP contribution in [0.3, 0.4) is 0 Å². The van der Waals surface area contributed by atoms with E-state index in [-0.39, 0.29) is 26.0 Å². The van der Waals surface area contributed by atoms with Crippen LogP contribution >= 0.6 is 11.3 Å². The van der Waals surface area contributed by atoms with Crippen LogP contribution in [0.25, 0.3) is 17.3 Å². The van der Waals surface area contributed by atoms with E-state index in [1.54, 1.807) is 35.2 Å². The Kier molecular flexibility index (Phi) is 7.82. The van der Waals surface area contributed by atoms with E-state index in [4.69, 9.17) is 0 Å². The van der Waals surface area contributed by atoms with Gasteiger partial charge in [-0.05, 0) is 56.1 Å². The molecule has 1 amide bonds. The van der Waals surface area contributed by atoms with Crippen molar-refractivity contribution in [2.45, 2.75) is 19.8 Å². The topological polar surface area (TPSA) is 116 Å². The molecule has 1 aromatic heterocycles. The molecule has 2 aromatic carbocycles. The third-order valence-corrected chi connectivity index (χ3v) is 8.54. The highest BCUT2D eigenvalue weighted by molar-refractivity contribution is 7.07. The molecule has 10 nitrogen and oxygen atoms in total. The SMILES string of the molecule is Cc1ccccc1-n1c(=O)/c(=C/c2ccc(N3CCCC3)c([N+](=O)[O-])c2)s/c1=C(\C#N)C(=O)N1CCN(C)CC1. The summed E-state index contributed by atoms with van der Waals surface area (Å²) < 4.78 is 1.95. The van der Waals surface area contributed by atoms with Crippen LogP contribution < -0.4 is 19.7 Å². The maximum absolute atomic E-state index is 13.8. The summed E-state index contributed by atoms with van der Waals surface area (Å²) in [7, 11) is 1.98. The van der Waals surface area contributed by atoms with Gasteiger partial charge in [0.2, 0.25) is 0 Å². The molecule has 2 fully saturated rings. The van der Waals surface area contributed by atoms with Crippen molar-refractivity contribution in [2.75, 3.05) is 51.2 Å². The van der Waals surface area contributed by atoms with Gasteiger partial charge in [-0.15, -0.1) is 11.3 Å². The number of aromatic nitrogens is 1. The molecule has 11 heteroatoms. The number of hydrogen-bond donors (Lipinski definition) is 0. The van der Waals surface area contributed by atoms with Crippen LogP contribution in [0, 0.1) is 28.4 Å². The first kappa shape index (κ1) is 27.3. The van der Waals surface area contributed by atoms with Crippen LogP contribution in [-0.2, 0) is 4.79 Å². The van der Waals surface area contributed by atoms with Crippen molar-refractivity contribution >= 4 is 40.3 Å². The summed E-state index contributed by atoms with van der Waals surface area (Å²) in [5.41, 5.74) is 1.96. The summed E-state index contributed by atoms with van der Waals surface area (Å²) in [4.78, 5) is 44.7. The Labute approximate surface area is 235 Å². The van der Waals surface area contributed by atoms with Gasteiger partial charge < -0.3 is 14.7 Å². The predicted molar refractivity (Wildman–Crippen MR) is 155 cm³/mol. The number of likely N-dealkylation sites (N-methyl/N-ethyl adjacent to an activating group) is 1. The van der Waals surface area contributed by atoms with Crippen molar-refractivity contribution in [2.24, 2.45) is 0 Å². The number of aryl methyl sites for hydroxylation is 1. The van der Waals surface area contributed by atoms with Crippen LogP contribution in [0.15, 0.2) is 47.3 Å². The number of piperazine rings is 1. The molecule has 2 saturated heterocycles. The molecule has 0 aliphatic carbocycles. The van der Waals surface area contributed by atoms with E-state index in [2.05, 4.69) is 11.0 Å². The minimum Gasteiger partial charge on any atom is -0.366 e. The summed E-state index contributed by atoms with van der Waals surface area (Å²) in [6.45, 7) is 5.79. The quantitative estimate of drug-likeness (QED) is 0.347. The van der Waals surface area contributed by atoms with Crippen LogP contribution in [0.5, 0.6) is 0 Å². The molecular weight excluding hydrogens is 528 g/mol. The summed E-state index contributed by atoms with van der Waals surface area (Å²) in [6.07, 6.45) is 3.58. The van der Waals surface area contributed by atoms with Crippen molar-refractivity contribution in [3.63, 3.8) is 0 Å². The van der Waals surface area contributed by atoms with Crippen molar-refractivity contribution in [3.05, 3.63) is 83.3 Å². The fraction of sp³-hybridized carbons (Fsp3) is 0.345. The second-order valence-corrected chi connectivity index (χ2v) is 11.2. The Morgan fingerprint density at radius 2 is 1.75 bits per heavy atom. The van der Waals surface area contributed by atoms with E-state index >= 15 is 0 Å². The number of amides is 1. The molecule has 0 atom stereocenters. The van der Waals surface area contributed by atoms with E-state index in [0.717, 1.165) is 42.8 Å². The van der Waals surface area contributed by atoms with Crippen LogP contribution in [0.1, 0.15) is 24.0 Å². The lowest BCUT2D eigenvalue weighted by Gasteiger charge is -2.32. The number of nitriles is 1. The van der Waals surface area contributed by atoms with Crippen molar-refractivity contribution in [1.82, 2.24) is 14.4 Å². The molecule has 206 valence electrons. The minimum absolute atomic E-state index is 0.0128. The second kappa shape index (κ2) is 11.5. The van der Waals surface area contributed by atoms with Crippen molar-refractivity contribution in [3.8, 4) is 11.8 Å².